The first-order valence-electron chi connectivity index (χ1n) is 5.38. The van der Waals surface area contributed by atoms with E-state index in [-0.39, 0.29) is 6.61 Å². The fraction of sp³-hybridized carbons (Fsp3) is 0.417. The predicted molar refractivity (Wildman–Crippen MR) is 64.5 cm³/mol. The van der Waals surface area contributed by atoms with Crippen molar-refractivity contribution in [2.24, 2.45) is 0 Å². The van der Waals surface area contributed by atoms with Crippen molar-refractivity contribution in [2.45, 2.75) is 13.0 Å². The molecule has 0 bridgehead atoms. The molecule has 0 saturated heterocycles. The van der Waals surface area contributed by atoms with Crippen molar-refractivity contribution in [3.05, 3.63) is 24.3 Å². The van der Waals surface area contributed by atoms with Gasteiger partial charge in [0.25, 0.3) is 0 Å². The van der Waals surface area contributed by atoms with Crippen molar-refractivity contribution < 1.29 is 19.4 Å². The van der Waals surface area contributed by atoms with Gasteiger partial charge < -0.3 is 19.9 Å². The van der Waals surface area contributed by atoms with Crippen LogP contribution in [-0.4, -0.2) is 37.4 Å². The van der Waals surface area contributed by atoms with Crippen LogP contribution in [0.2, 0.25) is 0 Å². The Hall–Kier alpha value is -1.75. The maximum Gasteiger partial charge on any atom is 0.328 e. The monoisotopic (exact) mass is 239 g/mol. The van der Waals surface area contributed by atoms with Crippen LogP contribution in [0.25, 0.3) is 0 Å². The quantitative estimate of drug-likeness (QED) is 0.756. The number of carboxylic acid groups (broad SMARTS) is 1. The number of ether oxygens (including phenoxy) is 2. The van der Waals surface area contributed by atoms with Crippen molar-refractivity contribution in [3.63, 3.8) is 0 Å². The summed E-state index contributed by atoms with van der Waals surface area (Å²) in [6, 6.07) is 6.38. The minimum absolute atomic E-state index is 0.114. The largest absolute Gasteiger partial charge is 0.494 e. The second-order valence-corrected chi connectivity index (χ2v) is 3.45. The van der Waals surface area contributed by atoms with Crippen LogP contribution in [-0.2, 0) is 9.53 Å². The molecular weight excluding hydrogens is 222 g/mol. The van der Waals surface area contributed by atoms with Crippen LogP contribution in [0.1, 0.15) is 6.92 Å². The second-order valence-electron chi connectivity index (χ2n) is 3.45. The lowest BCUT2D eigenvalue weighted by molar-refractivity contribution is -0.139. The van der Waals surface area contributed by atoms with Crippen LogP contribution in [0, 0.1) is 0 Å². The average molecular weight is 239 g/mol. The molecule has 5 heteroatoms. The first-order valence-corrected chi connectivity index (χ1v) is 5.38. The molecule has 0 heterocycles. The molecule has 0 amide bonds. The number of carboxylic acids is 1. The van der Waals surface area contributed by atoms with Crippen LogP contribution < -0.4 is 10.1 Å². The van der Waals surface area contributed by atoms with Crippen LogP contribution in [0.3, 0.4) is 0 Å². The van der Waals surface area contributed by atoms with Crippen molar-refractivity contribution >= 4 is 11.7 Å². The first-order chi connectivity index (χ1) is 8.17. The van der Waals surface area contributed by atoms with Crippen LogP contribution in [0.5, 0.6) is 5.75 Å². The zero-order valence-electron chi connectivity index (χ0n) is 9.97. The molecular formula is C12H17NO4. The number of anilines is 1. The van der Waals surface area contributed by atoms with Crippen molar-refractivity contribution in [1.82, 2.24) is 0 Å². The van der Waals surface area contributed by atoms with Gasteiger partial charge in [-0.15, -0.1) is 0 Å². The summed E-state index contributed by atoms with van der Waals surface area (Å²) in [5.41, 5.74) is 0.720. The number of nitrogens with one attached hydrogen (secondary N) is 1. The Morgan fingerprint density at radius 1 is 1.41 bits per heavy atom. The molecule has 5 nitrogen and oxygen atoms in total. The highest BCUT2D eigenvalue weighted by molar-refractivity contribution is 5.77. The molecule has 0 aliphatic carbocycles. The number of aliphatic carboxylic acids is 1. The van der Waals surface area contributed by atoms with Gasteiger partial charge in [0.1, 0.15) is 11.8 Å². The molecule has 0 aliphatic rings. The third kappa shape index (κ3) is 4.32. The Morgan fingerprint density at radius 2 is 2.06 bits per heavy atom. The second kappa shape index (κ2) is 6.75. The van der Waals surface area contributed by atoms with E-state index in [9.17, 15) is 4.79 Å². The Kier molecular flexibility index (Phi) is 5.29. The van der Waals surface area contributed by atoms with E-state index in [4.69, 9.17) is 14.6 Å². The van der Waals surface area contributed by atoms with Crippen molar-refractivity contribution in [2.75, 3.05) is 25.6 Å². The number of benzene rings is 1. The van der Waals surface area contributed by atoms with E-state index in [1.54, 1.807) is 24.3 Å². The predicted octanol–water partition coefficient (Wildman–Crippen LogP) is 1.60. The van der Waals surface area contributed by atoms with E-state index in [0.717, 1.165) is 11.4 Å². The lowest BCUT2D eigenvalue weighted by atomic mass is 10.2. The topological polar surface area (TPSA) is 67.8 Å². The number of hydrogen-bond donors (Lipinski definition) is 2. The molecule has 1 rings (SSSR count). The Morgan fingerprint density at radius 3 is 2.53 bits per heavy atom. The van der Waals surface area contributed by atoms with Gasteiger partial charge in [-0.2, -0.15) is 0 Å². The summed E-state index contributed by atoms with van der Waals surface area (Å²) in [5.74, 6) is -0.183. The molecule has 1 aromatic rings. The molecule has 0 aliphatic heterocycles. The highest BCUT2D eigenvalue weighted by Gasteiger charge is 2.16. The molecule has 0 radical (unpaired) electrons. The molecule has 0 fully saturated rings. The molecule has 1 atom stereocenters. The molecule has 0 spiro atoms. The fourth-order valence-electron chi connectivity index (χ4n) is 1.36. The fourth-order valence-corrected chi connectivity index (χ4v) is 1.36. The van der Waals surface area contributed by atoms with Gasteiger partial charge in [-0.1, -0.05) is 0 Å². The van der Waals surface area contributed by atoms with E-state index in [1.807, 2.05) is 6.92 Å². The SMILES string of the molecule is CCOc1ccc(NC(COC)C(=O)O)cc1. The maximum atomic E-state index is 10.9. The minimum Gasteiger partial charge on any atom is -0.494 e. The normalized spacial score (nSPS) is 11.9. The lowest BCUT2D eigenvalue weighted by Gasteiger charge is -2.15. The smallest absolute Gasteiger partial charge is 0.328 e. The molecule has 1 aromatic carbocycles. The summed E-state index contributed by atoms with van der Waals surface area (Å²) < 4.78 is 10.1. The van der Waals surface area contributed by atoms with Gasteiger partial charge in [-0.25, -0.2) is 4.79 Å². The number of hydrogen-bond acceptors (Lipinski definition) is 4. The van der Waals surface area contributed by atoms with Gasteiger partial charge in [0, 0.05) is 12.8 Å². The van der Waals surface area contributed by atoms with Crippen LogP contribution in [0.15, 0.2) is 24.3 Å². The van der Waals surface area contributed by atoms with Gasteiger partial charge in [0.15, 0.2) is 0 Å². The summed E-state index contributed by atoms with van der Waals surface area (Å²) >= 11 is 0. The molecule has 1 unspecified atom stereocenters. The standard InChI is InChI=1S/C12H17NO4/c1-3-17-10-6-4-9(5-7-10)13-11(8-16-2)12(14)15/h4-7,11,13H,3,8H2,1-2H3,(H,14,15). The number of methoxy groups -OCH3 is 1. The van der Waals surface area contributed by atoms with Gasteiger partial charge in [0.2, 0.25) is 0 Å². The first kappa shape index (κ1) is 13.3. The zero-order chi connectivity index (χ0) is 12.7. The molecule has 0 aromatic heterocycles. The van der Waals surface area contributed by atoms with Crippen LogP contribution in [0.4, 0.5) is 5.69 Å². The van der Waals surface area contributed by atoms with Gasteiger partial charge in [-0.05, 0) is 31.2 Å². The molecule has 0 saturated carbocycles. The van der Waals surface area contributed by atoms with E-state index in [2.05, 4.69) is 5.32 Å². The summed E-state index contributed by atoms with van der Waals surface area (Å²) in [4.78, 5) is 10.9. The van der Waals surface area contributed by atoms with Crippen LogP contribution >= 0.6 is 0 Å². The summed E-state index contributed by atoms with van der Waals surface area (Å²) in [6.07, 6.45) is 0. The molecule has 17 heavy (non-hydrogen) atoms. The van der Waals surface area contributed by atoms with E-state index < -0.39 is 12.0 Å². The van der Waals surface area contributed by atoms with Gasteiger partial charge in [0.05, 0.1) is 13.2 Å². The highest BCUT2D eigenvalue weighted by atomic mass is 16.5. The van der Waals surface area contributed by atoms with E-state index >= 15 is 0 Å². The Labute approximate surface area is 100 Å². The van der Waals surface area contributed by atoms with Gasteiger partial charge in [-0.3, -0.25) is 0 Å². The number of rotatable bonds is 7. The Balaban J connectivity index is 2.63. The summed E-state index contributed by atoms with van der Waals surface area (Å²) in [7, 11) is 1.47. The lowest BCUT2D eigenvalue weighted by Crippen LogP contribution is -2.33. The molecule has 94 valence electrons. The average Bonchev–Trinajstić information content (AvgIpc) is 2.31. The zero-order valence-corrected chi connectivity index (χ0v) is 9.97. The van der Waals surface area contributed by atoms with Crippen molar-refractivity contribution in [3.8, 4) is 5.75 Å². The third-order valence-electron chi connectivity index (χ3n) is 2.14. The highest BCUT2D eigenvalue weighted by Crippen LogP contribution is 2.16. The summed E-state index contributed by atoms with van der Waals surface area (Å²) in [5, 5.41) is 11.8. The third-order valence-corrected chi connectivity index (χ3v) is 2.14. The molecule has 2 N–H and O–H groups in total. The maximum absolute atomic E-state index is 10.9. The minimum atomic E-state index is -0.944. The number of carbonyl (C=O) groups is 1. The van der Waals surface area contributed by atoms with E-state index in [0.29, 0.717) is 6.61 Å². The van der Waals surface area contributed by atoms with Crippen molar-refractivity contribution in [1.29, 1.82) is 0 Å². The van der Waals surface area contributed by atoms with E-state index in [1.165, 1.54) is 7.11 Å². The Bertz CT molecular complexity index is 350. The van der Waals surface area contributed by atoms with Gasteiger partial charge >= 0.3 is 5.97 Å². The summed E-state index contributed by atoms with van der Waals surface area (Å²) in [6.45, 7) is 2.63.